The van der Waals surface area contributed by atoms with Crippen molar-refractivity contribution in [1.29, 1.82) is 0 Å². The topological polar surface area (TPSA) is 18.5 Å². The van der Waals surface area contributed by atoms with Crippen molar-refractivity contribution in [3.8, 4) is 0 Å². The first kappa shape index (κ1) is 7.79. The van der Waals surface area contributed by atoms with Gasteiger partial charge >= 0.3 is 0 Å². The minimum Gasteiger partial charge on any atom is -0.356 e. The summed E-state index contributed by atoms with van der Waals surface area (Å²) >= 11 is 0. The largest absolute Gasteiger partial charge is 0.356 e. The molecule has 0 aliphatic carbocycles. The van der Waals surface area contributed by atoms with Crippen LogP contribution in [0.1, 0.15) is 12.8 Å². The molecule has 0 unspecified atom stereocenters. The maximum atomic E-state index is 4.88. The lowest BCUT2D eigenvalue weighted by Gasteiger charge is -2.08. The molecule has 8 heavy (non-hydrogen) atoms. The predicted molar refractivity (Wildman–Crippen MR) is 32.4 cm³/mol. The van der Waals surface area contributed by atoms with E-state index < -0.39 is 0 Å². The van der Waals surface area contributed by atoms with Gasteiger partial charge in [-0.25, -0.2) is 0 Å². The number of hydrogen-bond donors (Lipinski definition) is 0. The first-order valence-corrected chi connectivity index (χ1v) is 2.70. The van der Waals surface area contributed by atoms with Crippen LogP contribution in [0.3, 0.4) is 0 Å². The third kappa shape index (κ3) is 2.88. The third-order valence-electron chi connectivity index (χ3n) is 0.966. The highest BCUT2D eigenvalue weighted by Crippen LogP contribution is 1.99. The summed E-state index contributed by atoms with van der Waals surface area (Å²) in [5.41, 5.74) is 0. The molecule has 0 aromatic carbocycles. The van der Waals surface area contributed by atoms with Crippen molar-refractivity contribution in [3.05, 3.63) is 6.92 Å². The van der Waals surface area contributed by atoms with Crippen molar-refractivity contribution in [2.24, 2.45) is 0 Å². The van der Waals surface area contributed by atoms with E-state index in [4.69, 9.17) is 9.47 Å². The molecule has 0 aliphatic rings. The fourth-order valence-electron chi connectivity index (χ4n) is 0.499. The van der Waals surface area contributed by atoms with E-state index in [1.54, 1.807) is 14.2 Å². The minimum absolute atomic E-state index is 0.0625. The van der Waals surface area contributed by atoms with Gasteiger partial charge in [0, 0.05) is 20.6 Å². The normalized spacial score (nSPS) is 10.4. The van der Waals surface area contributed by atoms with Gasteiger partial charge in [0.1, 0.15) is 0 Å². The molecule has 0 spiro atoms. The molecule has 48 valence electrons. The van der Waals surface area contributed by atoms with Crippen LogP contribution in [0.2, 0.25) is 0 Å². The smallest absolute Gasteiger partial charge is 0.160 e. The average Bonchev–Trinajstić information content (AvgIpc) is 1.83. The van der Waals surface area contributed by atoms with E-state index in [0.717, 1.165) is 12.8 Å². The molecule has 0 aromatic heterocycles. The van der Waals surface area contributed by atoms with E-state index in [1.807, 2.05) is 0 Å². The first-order valence-electron chi connectivity index (χ1n) is 2.70. The molecule has 2 heteroatoms. The summed E-state index contributed by atoms with van der Waals surface area (Å²) < 4.78 is 9.76. The standard InChI is InChI=1S/C6H13O2/c1-4-5-6(7-2)8-3/h6H,1,4-5H2,2-3H3/q+1. The fraction of sp³-hybridized carbons (Fsp3) is 0.833. The van der Waals surface area contributed by atoms with Crippen molar-refractivity contribution in [3.63, 3.8) is 0 Å². The quantitative estimate of drug-likeness (QED) is 0.407. The van der Waals surface area contributed by atoms with Crippen molar-refractivity contribution in [1.82, 2.24) is 0 Å². The number of rotatable bonds is 4. The van der Waals surface area contributed by atoms with Crippen LogP contribution in [0, 0.1) is 6.92 Å². The summed E-state index contributed by atoms with van der Waals surface area (Å²) in [6.07, 6.45) is 1.66. The molecule has 0 N–H and O–H groups in total. The van der Waals surface area contributed by atoms with Crippen LogP contribution in [0.4, 0.5) is 0 Å². The maximum absolute atomic E-state index is 4.88. The maximum Gasteiger partial charge on any atom is 0.160 e. The van der Waals surface area contributed by atoms with Crippen LogP contribution in [0.5, 0.6) is 0 Å². The lowest BCUT2D eigenvalue weighted by atomic mass is 10.3. The molecule has 0 bridgehead atoms. The Balaban J connectivity index is 3.07. The Morgan fingerprint density at radius 2 is 1.88 bits per heavy atom. The van der Waals surface area contributed by atoms with E-state index in [-0.39, 0.29) is 6.29 Å². The van der Waals surface area contributed by atoms with Gasteiger partial charge in [-0.3, -0.25) is 0 Å². The van der Waals surface area contributed by atoms with Crippen molar-refractivity contribution in [2.45, 2.75) is 19.1 Å². The summed E-state index contributed by atoms with van der Waals surface area (Å²) in [4.78, 5) is 0. The summed E-state index contributed by atoms with van der Waals surface area (Å²) in [5.74, 6) is 0. The van der Waals surface area contributed by atoms with Gasteiger partial charge in [0.25, 0.3) is 0 Å². The van der Waals surface area contributed by atoms with Crippen LogP contribution in [0.15, 0.2) is 0 Å². The molecule has 0 rings (SSSR count). The molecular weight excluding hydrogens is 104 g/mol. The SMILES string of the molecule is [CH2+]CCC(OC)OC. The molecule has 0 saturated heterocycles. The minimum atomic E-state index is -0.0625. The van der Waals surface area contributed by atoms with Crippen LogP contribution in [-0.4, -0.2) is 20.5 Å². The lowest BCUT2D eigenvalue weighted by Crippen LogP contribution is -2.11. The molecule has 0 radical (unpaired) electrons. The Morgan fingerprint density at radius 1 is 1.38 bits per heavy atom. The van der Waals surface area contributed by atoms with Gasteiger partial charge in [-0.1, -0.05) is 0 Å². The van der Waals surface area contributed by atoms with Gasteiger partial charge in [-0.05, 0) is 0 Å². The van der Waals surface area contributed by atoms with Crippen LogP contribution in [0.25, 0.3) is 0 Å². The van der Waals surface area contributed by atoms with Crippen molar-refractivity contribution in [2.75, 3.05) is 14.2 Å². The first-order chi connectivity index (χ1) is 3.85. The summed E-state index contributed by atoms with van der Waals surface area (Å²) in [6, 6.07) is 0. The van der Waals surface area contributed by atoms with Crippen LogP contribution >= 0.6 is 0 Å². The lowest BCUT2D eigenvalue weighted by molar-refractivity contribution is -0.105. The number of methoxy groups -OCH3 is 2. The molecule has 0 fully saturated rings. The van der Waals surface area contributed by atoms with E-state index in [1.165, 1.54) is 0 Å². The molecule has 0 aromatic rings. The van der Waals surface area contributed by atoms with Crippen LogP contribution in [-0.2, 0) is 9.47 Å². The number of hydrogen-bond acceptors (Lipinski definition) is 2. The molecule has 2 nitrogen and oxygen atoms in total. The average molecular weight is 117 g/mol. The Morgan fingerprint density at radius 3 is 2.00 bits per heavy atom. The zero-order valence-electron chi connectivity index (χ0n) is 5.52. The van der Waals surface area contributed by atoms with Crippen LogP contribution < -0.4 is 0 Å². The Bertz CT molecular complexity index is 41.8. The van der Waals surface area contributed by atoms with E-state index >= 15 is 0 Å². The summed E-state index contributed by atoms with van der Waals surface area (Å²) in [7, 11) is 3.26. The highest BCUT2D eigenvalue weighted by Gasteiger charge is 2.02. The second kappa shape index (κ2) is 4.94. The third-order valence-corrected chi connectivity index (χ3v) is 0.966. The van der Waals surface area contributed by atoms with Gasteiger partial charge < -0.3 is 9.47 Å². The Hall–Kier alpha value is -0.210. The van der Waals surface area contributed by atoms with Crippen molar-refractivity contribution >= 4 is 0 Å². The molecular formula is C6H13O2+. The highest BCUT2D eigenvalue weighted by molar-refractivity contribution is 4.44. The van der Waals surface area contributed by atoms with Gasteiger partial charge in [-0.15, -0.1) is 0 Å². The summed E-state index contributed by atoms with van der Waals surface area (Å²) in [6.45, 7) is 3.66. The predicted octanol–water partition coefficient (Wildman–Crippen LogP) is 1.22. The Labute approximate surface area is 50.8 Å². The van der Waals surface area contributed by atoms with Gasteiger partial charge in [0.05, 0.1) is 13.3 Å². The number of ether oxygens (including phenoxy) is 2. The monoisotopic (exact) mass is 117 g/mol. The van der Waals surface area contributed by atoms with Gasteiger partial charge in [-0.2, -0.15) is 0 Å². The fourth-order valence-corrected chi connectivity index (χ4v) is 0.499. The molecule has 0 saturated carbocycles. The second-order valence-electron chi connectivity index (χ2n) is 1.54. The highest BCUT2D eigenvalue weighted by atomic mass is 16.7. The zero-order valence-corrected chi connectivity index (χ0v) is 5.52. The molecule has 0 heterocycles. The Kier molecular flexibility index (Phi) is 4.81. The molecule has 0 amide bonds. The van der Waals surface area contributed by atoms with E-state index in [2.05, 4.69) is 6.92 Å². The van der Waals surface area contributed by atoms with Crippen molar-refractivity contribution < 1.29 is 9.47 Å². The van der Waals surface area contributed by atoms with E-state index in [9.17, 15) is 0 Å². The molecule has 0 atom stereocenters. The van der Waals surface area contributed by atoms with Gasteiger partial charge in [0.2, 0.25) is 0 Å². The zero-order chi connectivity index (χ0) is 6.41. The summed E-state index contributed by atoms with van der Waals surface area (Å²) in [5, 5.41) is 0. The van der Waals surface area contributed by atoms with E-state index in [0.29, 0.717) is 0 Å². The second-order valence-corrected chi connectivity index (χ2v) is 1.54. The van der Waals surface area contributed by atoms with Gasteiger partial charge in [0.15, 0.2) is 6.29 Å². The molecule has 0 aliphatic heterocycles.